The second-order valence-corrected chi connectivity index (χ2v) is 5.73. The van der Waals surface area contributed by atoms with Gasteiger partial charge in [0.25, 0.3) is 0 Å². The lowest BCUT2D eigenvalue weighted by molar-refractivity contribution is 0.0882. The summed E-state index contributed by atoms with van der Waals surface area (Å²) in [5.41, 5.74) is 0. The summed E-state index contributed by atoms with van der Waals surface area (Å²) in [6, 6.07) is 1.09. The zero-order valence-electron chi connectivity index (χ0n) is 11.2. The van der Waals surface area contributed by atoms with Gasteiger partial charge in [0.2, 0.25) is 0 Å². The molecule has 0 amide bonds. The van der Waals surface area contributed by atoms with Crippen LogP contribution in [0.25, 0.3) is 0 Å². The monoisotopic (exact) mass is 240 g/mol. The van der Waals surface area contributed by atoms with E-state index in [1.807, 2.05) is 0 Å². The Morgan fingerprint density at radius 3 is 2.88 bits per heavy atom. The minimum Gasteiger partial charge on any atom is -0.395 e. The first kappa shape index (κ1) is 13.3. The molecule has 17 heavy (non-hydrogen) atoms. The summed E-state index contributed by atoms with van der Waals surface area (Å²) >= 11 is 0. The van der Waals surface area contributed by atoms with Crippen molar-refractivity contribution in [2.24, 2.45) is 5.92 Å². The summed E-state index contributed by atoms with van der Waals surface area (Å²) in [6.07, 6.45) is 8.17. The van der Waals surface area contributed by atoms with Crippen LogP contribution in [0.4, 0.5) is 0 Å². The molecule has 2 fully saturated rings. The number of rotatable bonds is 6. The predicted octanol–water partition coefficient (Wildman–Crippen LogP) is 1.61. The molecule has 1 saturated heterocycles. The lowest BCUT2D eigenvalue weighted by Crippen LogP contribution is -2.50. The number of likely N-dealkylation sites (tertiary alicyclic amines) is 1. The Morgan fingerprint density at radius 1 is 1.29 bits per heavy atom. The van der Waals surface area contributed by atoms with Crippen molar-refractivity contribution in [2.75, 3.05) is 26.2 Å². The average Bonchev–Trinajstić information content (AvgIpc) is 2.83. The number of nitrogens with zero attached hydrogens (tertiary/aromatic N) is 1. The summed E-state index contributed by atoms with van der Waals surface area (Å²) in [4.78, 5) is 2.64. The van der Waals surface area contributed by atoms with E-state index in [-0.39, 0.29) is 12.6 Å². The highest BCUT2D eigenvalue weighted by Gasteiger charge is 2.35. The Balaban J connectivity index is 1.83. The maximum absolute atomic E-state index is 9.43. The summed E-state index contributed by atoms with van der Waals surface area (Å²) in [7, 11) is 0. The van der Waals surface area contributed by atoms with Gasteiger partial charge in [-0.25, -0.2) is 0 Å². The van der Waals surface area contributed by atoms with Crippen LogP contribution in [0.3, 0.4) is 0 Å². The van der Waals surface area contributed by atoms with Crippen LogP contribution in [0.2, 0.25) is 0 Å². The van der Waals surface area contributed by atoms with E-state index in [9.17, 15) is 5.11 Å². The standard InChI is InChI=1S/C14H28N2O/c1-2-8-15-13(11-17)10-16-9-4-6-12-5-3-7-14(12)16/h12-15,17H,2-11H2,1H3. The first-order valence-electron chi connectivity index (χ1n) is 7.43. The van der Waals surface area contributed by atoms with Gasteiger partial charge >= 0.3 is 0 Å². The Hall–Kier alpha value is -0.120. The van der Waals surface area contributed by atoms with E-state index in [4.69, 9.17) is 0 Å². The third-order valence-electron chi connectivity index (χ3n) is 4.47. The van der Waals surface area contributed by atoms with Crippen molar-refractivity contribution in [3.8, 4) is 0 Å². The molecule has 0 aromatic heterocycles. The highest BCUT2D eigenvalue weighted by Crippen LogP contribution is 2.36. The van der Waals surface area contributed by atoms with Crippen molar-refractivity contribution in [2.45, 2.75) is 57.5 Å². The van der Waals surface area contributed by atoms with Gasteiger partial charge in [0.1, 0.15) is 0 Å². The minimum absolute atomic E-state index is 0.272. The molecule has 0 aromatic carbocycles. The van der Waals surface area contributed by atoms with Crippen LogP contribution in [0.1, 0.15) is 45.4 Å². The molecule has 3 atom stereocenters. The first-order valence-corrected chi connectivity index (χ1v) is 7.43. The van der Waals surface area contributed by atoms with Crippen LogP contribution in [-0.4, -0.2) is 48.3 Å². The third-order valence-corrected chi connectivity index (χ3v) is 4.47. The molecule has 3 nitrogen and oxygen atoms in total. The Labute approximate surface area is 106 Å². The van der Waals surface area contributed by atoms with Crippen molar-refractivity contribution < 1.29 is 5.11 Å². The Kier molecular flexibility index (Phi) is 5.26. The van der Waals surface area contributed by atoms with E-state index in [0.29, 0.717) is 0 Å². The van der Waals surface area contributed by atoms with Crippen LogP contribution in [0, 0.1) is 5.92 Å². The minimum atomic E-state index is 0.272. The van der Waals surface area contributed by atoms with Gasteiger partial charge in [0, 0.05) is 18.6 Å². The largest absolute Gasteiger partial charge is 0.395 e. The SMILES string of the molecule is CCCNC(CO)CN1CCCC2CCCC21. The lowest BCUT2D eigenvalue weighted by Gasteiger charge is -2.39. The zero-order valence-corrected chi connectivity index (χ0v) is 11.2. The number of hydrogen-bond donors (Lipinski definition) is 2. The van der Waals surface area contributed by atoms with E-state index in [1.165, 1.54) is 38.6 Å². The Morgan fingerprint density at radius 2 is 2.12 bits per heavy atom. The first-order chi connectivity index (χ1) is 8.35. The zero-order chi connectivity index (χ0) is 12.1. The number of piperidine rings is 1. The van der Waals surface area contributed by atoms with Crippen molar-refractivity contribution in [3.63, 3.8) is 0 Å². The molecule has 0 bridgehead atoms. The molecule has 2 N–H and O–H groups in total. The van der Waals surface area contributed by atoms with Gasteiger partial charge in [-0.3, -0.25) is 4.90 Å². The summed E-state index contributed by atoms with van der Waals surface area (Å²) in [5.74, 6) is 0.953. The smallest absolute Gasteiger partial charge is 0.0597 e. The third kappa shape index (κ3) is 3.43. The number of aliphatic hydroxyl groups is 1. The Bertz CT molecular complexity index is 222. The molecular formula is C14H28N2O. The maximum Gasteiger partial charge on any atom is 0.0597 e. The number of fused-ring (bicyclic) bond motifs is 1. The second-order valence-electron chi connectivity index (χ2n) is 5.73. The van der Waals surface area contributed by atoms with Gasteiger partial charge in [-0.1, -0.05) is 13.3 Å². The fraction of sp³-hybridized carbons (Fsp3) is 1.00. The molecule has 1 aliphatic carbocycles. The van der Waals surface area contributed by atoms with Gasteiger partial charge in [-0.15, -0.1) is 0 Å². The number of hydrogen-bond acceptors (Lipinski definition) is 3. The molecule has 0 spiro atoms. The van der Waals surface area contributed by atoms with Crippen molar-refractivity contribution >= 4 is 0 Å². The summed E-state index contributed by atoms with van der Waals surface area (Å²) < 4.78 is 0. The average molecular weight is 240 g/mol. The highest BCUT2D eigenvalue weighted by molar-refractivity contribution is 4.90. The highest BCUT2D eigenvalue weighted by atomic mass is 16.3. The van der Waals surface area contributed by atoms with Gasteiger partial charge in [0.05, 0.1) is 6.61 Å². The topological polar surface area (TPSA) is 35.5 Å². The van der Waals surface area contributed by atoms with Crippen LogP contribution >= 0.6 is 0 Å². The molecule has 3 unspecified atom stereocenters. The second kappa shape index (κ2) is 6.72. The van der Waals surface area contributed by atoms with Gasteiger partial charge in [-0.05, 0) is 51.1 Å². The van der Waals surface area contributed by atoms with Crippen molar-refractivity contribution in [1.82, 2.24) is 10.2 Å². The summed E-state index contributed by atoms with van der Waals surface area (Å²) in [5, 5.41) is 12.9. The molecule has 0 aromatic rings. The molecule has 0 radical (unpaired) electrons. The van der Waals surface area contributed by atoms with E-state index in [2.05, 4.69) is 17.1 Å². The molecule has 1 heterocycles. The van der Waals surface area contributed by atoms with Crippen molar-refractivity contribution in [1.29, 1.82) is 0 Å². The maximum atomic E-state index is 9.43. The molecule has 1 aliphatic heterocycles. The van der Waals surface area contributed by atoms with Crippen LogP contribution < -0.4 is 5.32 Å². The van der Waals surface area contributed by atoms with E-state index >= 15 is 0 Å². The van der Waals surface area contributed by atoms with Gasteiger partial charge in [0.15, 0.2) is 0 Å². The quantitative estimate of drug-likeness (QED) is 0.740. The van der Waals surface area contributed by atoms with Crippen molar-refractivity contribution in [3.05, 3.63) is 0 Å². The molecule has 2 rings (SSSR count). The predicted molar refractivity (Wildman–Crippen MR) is 71.1 cm³/mol. The molecule has 100 valence electrons. The number of aliphatic hydroxyl groups excluding tert-OH is 1. The molecular weight excluding hydrogens is 212 g/mol. The molecule has 1 saturated carbocycles. The van der Waals surface area contributed by atoms with E-state index in [0.717, 1.165) is 31.5 Å². The summed E-state index contributed by atoms with van der Waals surface area (Å²) in [6.45, 7) is 5.75. The normalized spacial score (nSPS) is 31.4. The van der Waals surface area contributed by atoms with Crippen LogP contribution in [0.15, 0.2) is 0 Å². The van der Waals surface area contributed by atoms with Gasteiger partial charge in [-0.2, -0.15) is 0 Å². The van der Waals surface area contributed by atoms with Gasteiger partial charge < -0.3 is 10.4 Å². The van der Waals surface area contributed by atoms with E-state index in [1.54, 1.807) is 0 Å². The molecule has 3 heteroatoms. The van der Waals surface area contributed by atoms with E-state index < -0.39 is 0 Å². The van der Waals surface area contributed by atoms with Crippen LogP contribution in [-0.2, 0) is 0 Å². The fourth-order valence-corrected chi connectivity index (χ4v) is 3.60. The lowest BCUT2D eigenvalue weighted by atomic mass is 9.91. The fourth-order valence-electron chi connectivity index (χ4n) is 3.60. The number of nitrogens with one attached hydrogen (secondary N) is 1. The molecule has 2 aliphatic rings. The van der Waals surface area contributed by atoms with Crippen LogP contribution in [0.5, 0.6) is 0 Å².